The van der Waals surface area contributed by atoms with Crippen LogP contribution in [0.15, 0.2) is 47.4 Å². The lowest BCUT2D eigenvalue weighted by Gasteiger charge is -2.12. The van der Waals surface area contributed by atoms with Crippen LogP contribution < -0.4 is 25.0 Å². The zero-order chi connectivity index (χ0) is 20.0. The summed E-state index contributed by atoms with van der Waals surface area (Å²) in [4.78, 5) is 25.7. The first-order valence-electron chi connectivity index (χ1n) is 7.68. The Morgan fingerprint density at radius 1 is 0.926 bits per heavy atom. The van der Waals surface area contributed by atoms with Gasteiger partial charge in [-0.05, 0) is 48.9 Å². The third-order valence-electron chi connectivity index (χ3n) is 3.48. The molecule has 0 unspecified atom stereocenters. The van der Waals surface area contributed by atoms with Gasteiger partial charge in [0.25, 0.3) is 10.0 Å². The highest BCUT2D eigenvalue weighted by atomic mass is 32.2. The summed E-state index contributed by atoms with van der Waals surface area (Å²) < 4.78 is 34.3. The normalized spacial score (nSPS) is 10.8. The molecule has 0 aliphatic carbocycles. The number of hydrazine groups is 1. The van der Waals surface area contributed by atoms with E-state index < -0.39 is 21.8 Å². The van der Waals surface area contributed by atoms with Crippen LogP contribution in [-0.4, -0.2) is 34.5 Å². The number of hydrogen-bond acceptors (Lipinski definition) is 6. The van der Waals surface area contributed by atoms with Crippen molar-refractivity contribution in [1.29, 1.82) is 0 Å². The van der Waals surface area contributed by atoms with Crippen molar-refractivity contribution in [2.45, 2.75) is 11.8 Å². The minimum Gasteiger partial charge on any atom is -0.497 e. The van der Waals surface area contributed by atoms with Crippen LogP contribution >= 0.6 is 0 Å². The number of hydrogen-bond donors (Lipinski definition) is 3. The molecule has 144 valence electrons. The lowest BCUT2D eigenvalue weighted by Crippen LogP contribution is -2.46. The Morgan fingerprint density at radius 3 is 2.19 bits per heavy atom. The molecular formula is C17H19N3O6S. The van der Waals surface area contributed by atoms with Gasteiger partial charge in [-0.1, -0.05) is 6.07 Å². The highest BCUT2D eigenvalue weighted by Crippen LogP contribution is 2.25. The molecule has 0 spiro atoms. The van der Waals surface area contributed by atoms with Gasteiger partial charge in [0.05, 0.1) is 24.8 Å². The van der Waals surface area contributed by atoms with Crippen molar-refractivity contribution in [2.75, 3.05) is 19.5 Å². The molecule has 0 bridgehead atoms. The van der Waals surface area contributed by atoms with E-state index in [0.717, 1.165) is 5.56 Å². The lowest BCUT2D eigenvalue weighted by atomic mass is 10.2. The summed E-state index contributed by atoms with van der Waals surface area (Å²) >= 11 is 0. The Hall–Kier alpha value is -3.11. The molecule has 27 heavy (non-hydrogen) atoms. The second-order valence-corrected chi connectivity index (χ2v) is 7.08. The molecule has 0 atom stereocenters. The Labute approximate surface area is 156 Å². The molecule has 2 rings (SSSR count). The van der Waals surface area contributed by atoms with Crippen molar-refractivity contribution in [1.82, 2.24) is 10.3 Å². The largest absolute Gasteiger partial charge is 0.497 e. The molecule has 2 aromatic rings. The first-order valence-corrected chi connectivity index (χ1v) is 9.17. The fourth-order valence-electron chi connectivity index (χ4n) is 2.08. The van der Waals surface area contributed by atoms with E-state index in [1.54, 1.807) is 25.1 Å². The van der Waals surface area contributed by atoms with E-state index in [2.05, 4.69) is 5.32 Å². The van der Waals surface area contributed by atoms with Gasteiger partial charge in [-0.25, -0.2) is 8.42 Å². The van der Waals surface area contributed by atoms with Crippen LogP contribution in [0.2, 0.25) is 0 Å². The van der Waals surface area contributed by atoms with Crippen LogP contribution in [0.4, 0.5) is 5.69 Å². The topological polar surface area (TPSA) is 123 Å². The van der Waals surface area contributed by atoms with Crippen molar-refractivity contribution in [3.8, 4) is 11.5 Å². The van der Waals surface area contributed by atoms with Crippen LogP contribution in [0.5, 0.6) is 11.5 Å². The highest BCUT2D eigenvalue weighted by Gasteiger charge is 2.20. The predicted octanol–water partition coefficient (Wildman–Crippen LogP) is 0.960. The monoisotopic (exact) mass is 393 g/mol. The fourth-order valence-corrected chi connectivity index (χ4v) is 2.92. The second-order valence-electron chi connectivity index (χ2n) is 5.39. The summed E-state index contributed by atoms with van der Waals surface area (Å²) in [7, 11) is -1.18. The van der Waals surface area contributed by atoms with Crippen molar-refractivity contribution in [3.05, 3.63) is 48.0 Å². The number of rotatable bonds is 6. The molecule has 0 aliphatic heterocycles. The molecule has 0 radical (unpaired) electrons. The zero-order valence-electron chi connectivity index (χ0n) is 14.9. The van der Waals surface area contributed by atoms with Gasteiger partial charge in [-0.15, -0.1) is 4.83 Å². The van der Waals surface area contributed by atoms with E-state index in [-0.39, 0.29) is 10.6 Å². The number of carbonyl (C=O) groups excluding carboxylic acids is 2. The van der Waals surface area contributed by atoms with Crippen LogP contribution in [0.25, 0.3) is 0 Å². The minimum atomic E-state index is -4.05. The SMILES string of the molecule is COc1ccc(S(=O)(=O)NNC(=O)C(=O)Nc2cc(C)ccc2OC)cc1. The average Bonchev–Trinajstić information content (AvgIpc) is 2.66. The summed E-state index contributed by atoms with van der Waals surface area (Å²) in [6.07, 6.45) is 0. The molecule has 2 amide bonds. The van der Waals surface area contributed by atoms with Gasteiger partial charge in [-0.2, -0.15) is 0 Å². The number of nitrogens with one attached hydrogen (secondary N) is 3. The van der Waals surface area contributed by atoms with Gasteiger partial charge < -0.3 is 14.8 Å². The van der Waals surface area contributed by atoms with Crippen LogP contribution in [-0.2, 0) is 19.6 Å². The molecule has 0 saturated carbocycles. The van der Waals surface area contributed by atoms with E-state index in [0.29, 0.717) is 11.5 Å². The van der Waals surface area contributed by atoms with Gasteiger partial charge in [0.2, 0.25) is 0 Å². The Morgan fingerprint density at radius 2 is 1.59 bits per heavy atom. The molecule has 0 aliphatic rings. The smallest absolute Gasteiger partial charge is 0.324 e. The Balaban J connectivity index is 2.02. The van der Waals surface area contributed by atoms with Crippen molar-refractivity contribution >= 4 is 27.5 Å². The van der Waals surface area contributed by atoms with Crippen molar-refractivity contribution < 1.29 is 27.5 Å². The van der Waals surface area contributed by atoms with Crippen LogP contribution in [0, 0.1) is 6.92 Å². The number of carbonyl (C=O) groups is 2. The van der Waals surface area contributed by atoms with Gasteiger partial charge in [0.1, 0.15) is 11.5 Å². The summed E-state index contributed by atoms with van der Waals surface area (Å²) in [6, 6.07) is 10.5. The molecule has 0 heterocycles. The summed E-state index contributed by atoms with van der Waals surface area (Å²) in [5.41, 5.74) is 2.99. The number of benzene rings is 2. The first-order chi connectivity index (χ1) is 12.8. The van der Waals surface area contributed by atoms with Crippen LogP contribution in [0.3, 0.4) is 0 Å². The second kappa shape index (κ2) is 8.52. The molecule has 0 aromatic heterocycles. The number of methoxy groups -OCH3 is 2. The van der Waals surface area contributed by atoms with Crippen LogP contribution in [0.1, 0.15) is 5.56 Å². The minimum absolute atomic E-state index is 0.107. The maximum Gasteiger partial charge on any atom is 0.324 e. The highest BCUT2D eigenvalue weighted by molar-refractivity contribution is 7.89. The van der Waals surface area contributed by atoms with E-state index in [1.807, 2.05) is 10.3 Å². The zero-order valence-corrected chi connectivity index (χ0v) is 15.7. The molecular weight excluding hydrogens is 374 g/mol. The maximum absolute atomic E-state index is 12.1. The quantitative estimate of drug-likeness (QED) is 0.496. The molecule has 3 N–H and O–H groups in total. The number of sulfonamides is 1. The van der Waals surface area contributed by atoms with E-state index >= 15 is 0 Å². The van der Waals surface area contributed by atoms with E-state index in [9.17, 15) is 18.0 Å². The summed E-state index contributed by atoms with van der Waals surface area (Å²) in [5.74, 6) is -1.41. The number of aryl methyl sites for hydroxylation is 1. The summed E-state index contributed by atoms with van der Waals surface area (Å²) in [5, 5.41) is 2.37. The van der Waals surface area contributed by atoms with Gasteiger partial charge in [0.15, 0.2) is 0 Å². The van der Waals surface area contributed by atoms with Gasteiger partial charge in [-0.3, -0.25) is 15.0 Å². The molecule has 9 nitrogen and oxygen atoms in total. The summed E-state index contributed by atoms with van der Waals surface area (Å²) in [6.45, 7) is 1.80. The maximum atomic E-state index is 12.1. The first kappa shape index (κ1) is 20.2. The lowest BCUT2D eigenvalue weighted by molar-refractivity contribution is -0.136. The molecule has 0 saturated heterocycles. The Kier molecular flexibility index (Phi) is 6.37. The number of amides is 2. The predicted molar refractivity (Wildman–Crippen MR) is 97.8 cm³/mol. The standard InChI is InChI=1S/C17H19N3O6S/c1-11-4-9-15(26-3)14(10-11)18-16(21)17(22)19-20-27(23,24)13-7-5-12(25-2)6-8-13/h4-10,20H,1-3H3,(H,18,21)(H,19,22). The number of anilines is 1. The fraction of sp³-hybridized carbons (Fsp3) is 0.176. The van der Waals surface area contributed by atoms with E-state index in [1.165, 1.54) is 38.5 Å². The van der Waals surface area contributed by atoms with Crippen molar-refractivity contribution in [3.63, 3.8) is 0 Å². The molecule has 10 heteroatoms. The third kappa shape index (κ3) is 5.19. The van der Waals surface area contributed by atoms with E-state index in [4.69, 9.17) is 9.47 Å². The third-order valence-corrected chi connectivity index (χ3v) is 4.74. The van der Waals surface area contributed by atoms with Gasteiger partial charge >= 0.3 is 11.8 Å². The Bertz CT molecular complexity index is 942. The molecule has 2 aromatic carbocycles. The molecule has 0 fully saturated rings. The van der Waals surface area contributed by atoms with Gasteiger partial charge in [0, 0.05) is 0 Å². The average molecular weight is 393 g/mol. The van der Waals surface area contributed by atoms with Crippen molar-refractivity contribution in [2.24, 2.45) is 0 Å². The number of ether oxygens (including phenoxy) is 2.